The third-order valence-corrected chi connectivity index (χ3v) is 7.12. The van der Waals surface area contributed by atoms with Gasteiger partial charge in [-0.25, -0.2) is 9.79 Å². The molecule has 36 heavy (non-hydrogen) atoms. The Kier molecular flexibility index (Phi) is 7.83. The Morgan fingerprint density at radius 1 is 1.19 bits per heavy atom. The Labute approximate surface area is 222 Å². The Balaban J connectivity index is 1.89. The van der Waals surface area contributed by atoms with Crippen LogP contribution in [0, 0.1) is 6.92 Å². The number of carbonyl (C=O) groups is 1. The molecule has 0 spiro atoms. The number of aromatic nitrogens is 1. The highest BCUT2D eigenvalue weighted by atomic mass is 35.5. The van der Waals surface area contributed by atoms with Crippen LogP contribution >= 0.6 is 34.5 Å². The summed E-state index contributed by atoms with van der Waals surface area (Å²) in [7, 11) is 0. The van der Waals surface area contributed by atoms with Crippen LogP contribution in [0.3, 0.4) is 0 Å². The van der Waals surface area contributed by atoms with Gasteiger partial charge in [0.15, 0.2) is 10.6 Å². The minimum Gasteiger partial charge on any atom is -0.486 e. The average molecular weight is 543 g/mol. The number of carbonyl (C=O) groups excluding carboxylic acids is 1. The van der Waals surface area contributed by atoms with E-state index in [1.807, 2.05) is 31.2 Å². The van der Waals surface area contributed by atoms with E-state index in [9.17, 15) is 9.59 Å². The molecule has 1 aliphatic rings. The van der Waals surface area contributed by atoms with Crippen LogP contribution in [-0.2, 0) is 9.53 Å². The fourth-order valence-corrected chi connectivity index (χ4v) is 5.61. The van der Waals surface area contributed by atoms with Gasteiger partial charge in [-0.1, -0.05) is 77.0 Å². The largest absolute Gasteiger partial charge is 0.486 e. The summed E-state index contributed by atoms with van der Waals surface area (Å²) in [6, 6.07) is 10.4. The van der Waals surface area contributed by atoms with E-state index in [-0.39, 0.29) is 18.8 Å². The van der Waals surface area contributed by atoms with Crippen LogP contribution in [0.2, 0.25) is 10.0 Å². The quantitative estimate of drug-likeness (QED) is 0.312. The van der Waals surface area contributed by atoms with Crippen molar-refractivity contribution in [2.45, 2.75) is 26.8 Å². The Bertz CT molecular complexity index is 1530. The second kappa shape index (κ2) is 10.9. The highest BCUT2D eigenvalue weighted by Gasteiger charge is 2.33. The van der Waals surface area contributed by atoms with E-state index in [0.717, 1.165) is 11.1 Å². The van der Waals surface area contributed by atoms with Gasteiger partial charge in [-0.3, -0.25) is 9.36 Å². The Morgan fingerprint density at radius 3 is 2.47 bits per heavy atom. The summed E-state index contributed by atoms with van der Waals surface area (Å²) in [6.07, 6.45) is 3.30. The van der Waals surface area contributed by atoms with E-state index >= 15 is 0 Å². The fraction of sp³-hybridized carbons (Fsp3) is 0.222. The molecule has 0 N–H and O–H groups in total. The molecule has 0 aliphatic carbocycles. The van der Waals surface area contributed by atoms with Crippen LogP contribution in [-0.4, -0.2) is 23.8 Å². The van der Waals surface area contributed by atoms with E-state index in [1.165, 1.54) is 11.3 Å². The molecule has 0 saturated carbocycles. The molecule has 1 aliphatic heterocycles. The molecular formula is C27H24Cl2N2O4S. The van der Waals surface area contributed by atoms with E-state index in [4.69, 9.17) is 32.7 Å². The summed E-state index contributed by atoms with van der Waals surface area (Å²) in [5.74, 6) is -0.141. The molecule has 9 heteroatoms. The second-order valence-electron chi connectivity index (χ2n) is 8.13. The minimum atomic E-state index is -0.662. The lowest BCUT2D eigenvalue weighted by atomic mass is 9.95. The SMILES string of the molecule is C=CCOc1c(Cl)cc(/C=c2/sc3n(c2=O)[C@@H](c2ccc(C)cc2)C(C(=O)OCC)=C(C)N=3)cc1Cl. The molecule has 186 valence electrons. The minimum absolute atomic E-state index is 0.217. The first-order chi connectivity index (χ1) is 17.2. The van der Waals surface area contributed by atoms with Gasteiger partial charge in [0.05, 0.1) is 38.5 Å². The van der Waals surface area contributed by atoms with Crippen molar-refractivity contribution in [2.75, 3.05) is 13.2 Å². The van der Waals surface area contributed by atoms with Crippen molar-refractivity contribution in [1.29, 1.82) is 0 Å². The normalized spacial score (nSPS) is 15.4. The number of allylic oxidation sites excluding steroid dienone is 1. The van der Waals surface area contributed by atoms with E-state index < -0.39 is 12.0 Å². The summed E-state index contributed by atoms with van der Waals surface area (Å²) in [5, 5.41) is 0.641. The molecule has 2 heterocycles. The molecule has 6 nitrogen and oxygen atoms in total. The lowest BCUT2D eigenvalue weighted by Gasteiger charge is -2.24. The number of rotatable bonds is 7. The molecule has 0 fully saturated rings. The molecule has 2 aromatic carbocycles. The number of hydrogen-bond donors (Lipinski definition) is 0. The maximum absolute atomic E-state index is 13.7. The van der Waals surface area contributed by atoms with Crippen LogP contribution in [0.5, 0.6) is 5.75 Å². The number of fused-ring (bicyclic) bond motifs is 1. The predicted molar refractivity (Wildman–Crippen MR) is 144 cm³/mol. The van der Waals surface area contributed by atoms with E-state index in [2.05, 4.69) is 11.6 Å². The lowest BCUT2D eigenvalue weighted by Crippen LogP contribution is -2.39. The zero-order valence-electron chi connectivity index (χ0n) is 20.0. The number of halogens is 2. The number of nitrogens with zero attached hydrogens (tertiary/aromatic N) is 2. The van der Waals surface area contributed by atoms with Crippen LogP contribution < -0.4 is 19.6 Å². The first kappa shape index (κ1) is 25.9. The third kappa shape index (κ3) is 5.05. The molecule has 0 radical (unpaired) electrons. The number of hydrogen-bond acceptors (Lipinski definition) is 6. The van der Waals surface area contributed by atoms with Gasteiger partial charge < -0.3 is 9.47 Å². The maximum Gasteiger partial charge on any atom is 0.338 e. The Morgan fingerprint density at radius 2 is 1.86 bits per heavy atom. The summed E-state index contributed by atoms with van der Waals surface area (Å²) >= 11 is 14.0. The van der Waals surface area contributed by atoms with Crippen molar-refractivity contribution in [1.82, 2.24) is 4.57 Å². The summed E-state index contributed by atoms with van der Waals surface area (Å²) in [4.78, 5) is 31.7. The molecule has 0 unspecified atom stereocenters. The molecule has 0 amide bonds. The lowest BCUT2D eigenvalue weighted by molar-refractivity contribution is -0.139. The number of benzene rings is 2. The van der Waals surface area contributed by atoms with Crippen LogP contribution in [0.1, 0.15) is 36.6 Å². The smallest absolute Gasteiger partial charge is 0.338 e. The van der Waals surface area contributed by atoms with E-state index in [0.29, 0.717) is 42.0 Å². The van der Waals surface area contributed by atoms with Gasteiger partial charge in [0.25, 0.3) is 5.56 Å². The number of thiazole rings is 1. The van der Waals surface area contributed by atoms with Crippen molar-refractivity contribution in [3.63, 3.8) is 0 Å². The first-order valence-electron chi connectivity index (χ1n) is 11.2. The maximum atomic E-state index is 13.7. The fourth-order valence-electron chi connectivity index (χ4n) is 3.95. The zero-order valence-corrected chi connectivity index (χ0v) is 22.3. The zero-order chi connectivity index (χ0) is 26.0. The van der Waals surface area contributed by atoms with Gasteiger partial charge >= 0.3 is 5.97 Å². The molecule has 4 rings (SSSR count). The number of aryl methyl sites for hydroxylation is 1. The monoisotopic (exact) mass is 542 g/mol. The predicted octanol–water partition coefficient (Wildman–Crippen LogP) is 4.98. The van der Waals surface area contributed by atoms with Gasteiger partial charge in [-0.15, -0.1) is 0 Å². The topological polar surface area (TPSA) is 69.9 Å². The molecule has 1 atom stereocenters. The standard InChI is InChI=1S/C27H24Cl2N2O4S/c1-5-11-35-24-19(28)12-17(13-20(24)29)14-21-25(32)31-23(18-9-7-15(3)8-10-18)22(26(33)34-6-2)16(4)30-27(31)36-21/h5,7-10,12-14,23H,1,6,11H2,2-4H3/b21-14+/t23-/m0/s1. The van der Waals surface area contributed by atoms with Gasteiger partial charge in [0, 0.05) is 0 Å². The molecule has 0 bridgehead atoms. The van der Waals surface area contributed by atoms with Gasteiger partial charge in [0.2, 0.25) is 0 Å². The molecule has 0 saturated heterocycles. The van der Waals surface area contributed by atoms with Gasteiger partial charge in [0.1, 0.15) is 6.61 Å². The van der Waals surface area contributed by atoms with Crippen molar-refractivity contribution in [3.05, 3.63) is 107 Å². The van der Waals surface area contributed by atoms with Crippen LogP contribution in [0.25, 0.3) is 6.08 Å². The molecule has 3 aromatic rings. The first-order valence-corrected chi connectivity index (χ1v) is 12.8. The summed E-state index contributed by atoms with van der Waals surface area (Å²) < 4.78 is 12.8. The number of esters is 1. The average Bonchev–Trinajstić information content (AvgIpc) is 3.12. The van der Waals surface area contributed by atoms with Crippen molar-refractivity contribution in [2.24, 2.45) is 4.99 Å². The van der Waals surface area contributed by atoms with Crippen LogP contribution in [0.15, 0.2) is 70.1 Å². The van der Waals surface area contributed by atoms with Gasteiger partial charge in [-0.05, 0) is 50.1 Å². The highest BCUT2D eigenvalue weighted by Crippen LogP contribution is 2.35. The summed E-state index contributed by atoms with van der Waals surface area (Å²) in [5.41, 5.74) is 3.07. The molecular weight excluding hydrogens is 519 g/mol. The van der Waals surface area contributed by atoms with Crippen molar-refractivity contribution >= 4 is 46.6 Å². The van der Waals surface area contributed by atoms with E-state index in [1.54, 1.807) is 42.7 Å². The van der Waals surface area contributed by atoms with Gasteiger partial charge in [-0.2, -0.15) is 0 Å². The van der Waals surface area contributed by atoms with Crippen molar-refractivity contribution < 1.29 is 14.3 Å². The number of ether oxygens (including phenoxy) is 2. The third-order valence-electron chi connectivity index (χ3n) is 5.57. The highest BCUT2D eigenvalue weighted by molar-refractivity contribution is 7.07. The molecule has 1 aromatic heterocycles. The van der Waals surface area contributed by atoms with Crippen LogP contribution in [0.4, 0.5) is 0 Å². The second-order valence-corrected chi connectivity index (χ2v) is 9.95. The van der Waals surface area contributed by atoms with Crippen molar-refractivity contribution in [3.8, 4) is 5.75 Å². The summed E-state index contributed by atoms with van der Waals surface area (Å²) in [6.45, 7) is 9.58. The Hall–Kier alpha value is -3.13.